The topological polar surface area (TPSA) is 59.2 Å². The molecule has 3 rings (SSSR count). The largest absolute Gasteiger partial charge is 0.360 e. The summed E-state index contributed by atoms with van der Waals surface area (Å²) in [7, 11) is -3.50. The molecule has 0 spiro atoms. The minimum Gasteiger partial charge on any atom is -0.360 e. The van der Waals surface area contributed by atoms with Crippen LogP contribution in [0, 0.1) is 5.82 Å². The van der Waals surface area contributed by atoms with E-state index in [1.54, 1.807) is 6.07 Å². The highest BCUT2D eigenvalue weighted by atomic mass is 32.2. The van der Waals surface area contributed by atoms with Gasteiger partial charge in [-0.1, -0.05) is 30.0 Å². The van der Waals surface area contributed by atoms with Gasteiger partial charge in [0.05, 0.1) is 12.9 Å². The number of fused-ring (bicyclic) bond motifs is 1. The van der Waals surface area contributed by atoms with Crippen LogP contribution in [0.5, 0.6) is 0 Å². The number of H-pyrrole nitrogens is 1. The van der Waals surface area contributed by atoms with Gasteiger partial charge in [-0.15, -0.1) is 0 Å². The maximum absolute atomic E-state index is 13.2. The molecule has 1 N–H and O–H groups in total. The number of hydrogen-bond donors (Lipinski definition) is 1. The van der Waals surface area contributed by atoms with Crippen molar-refractivity contribution in [2.45, 2.75) is 16.4 Å². The Bertz CT molecular complexity index is 951. The minimum absolute atomic E-state index is 0.0149. The Morgan fingerprint density at radius 3 is 2.74 bits per heavy atom. The second kappa shape index (κ2) is 6.35. The van der Waals surface area contributed by atoms with E-state index >= 15 is 0 Å². The van der Waals surface area contributed by atoms with E-state index in [1.807, 2.05) is 30.5 Å². The first-order valence-electron chi connectivity index (χ1n) is 6.79. The van der Waals surface area contributed by atoms with Crippen molar-refractivity contribution in [3.05, 3.63) is 60.0 Å². The molecule has 0 aliphatic carbocycles. The van der Waals surface area contributed by atoms with E-state index in [2.05, 4.69) is 4.98 Å². The van der Waals surface area contributed by atoms with Crippen molar-refractivity contribution in [3.63, 3.8) is 0 Å². The lowest BCUT2D eigenvalue weighted by Gasteiger charge is -2.08. The number of nitrogens with one attached hydrogen (secondary N) is 1. The van der Waals surface area contributed by atoms with Crippen LogP contribution in [0.15, 0.2) is 58.5 Å². The van der Waals surface area contributed by atoms with Gasteiger partial charge in [0.25, 0.3) is 10.1 Å². The summed E-state index contributed by atoms with van der Waals surface area (Å²) in [5.41, 5.74) is 1.50. The predicted molar refractivity (Wildman–Crippen MR) is 88.5 cm³/mol. The molecule has 0 saturated heterocycles. The van der Waals surface area contributed by atoms with Gasteiger partial charge in [0.2, 0.25) is 0 Å². The molecule has 2 aromatic carbocycles. The maximum atomic E-state index is 13.2. The second-order valence-electron chi connectivity index (χ2n) is 5.02. The monoisotopic (exact) mass is 351 g/mol. The van der Waals surface area contributed by atoms with Crippen LogP contribution in [0.1, 0.15) is 5.56 Å². The zero-order valence-electron chi connectivity index (χ0n) is 12.2. The van der Waals surface area contributed by atoms with E-state index in [4.69, 9.17) is 4.18 Å². The number of benzene rings is 2. The molecule has 0 fully saturated rings. The molecule has 23 heavy (non-hydrogen) atoms. The zero-order chi connectivity index (χ0) is 16.4. The third-order valence-electron chi connectivity index (χ3n) is 3.23. The number of aromatic nitrogens is 1. The van der Waals surface area contributed by atoms with E-state index in [0.29, 0.717) is 0 Å². The first-order valence-corrected chi connectivity index (χ1v) is 9.42. The van der Waals surface area contributed by atoms with Gasteiger partial charge in [0.15, 0.2) is 0 Å². The quantitative estimate of drug-likeness (QED) is 0.708. The lowest BCUT2D eigenvalue weighted by molar-refractivity contribution is 0.309. The second-order valence-corrected chi connectivity index (χ2v) is 7.75. The van der Waals surface area contributed by atoms with Crippen LogP contribution in [0.25, 0.3) is 10.9 Å². The summed E-state index contributed by atoms with van der Waals surface area (Å²) in [5.74, 6) is -0.294. The Hall–Kier alpha value is -1.83. The highest BCUT2D eigenvalue weighted by molar-refractivity contribution is 7.99. The van der Waals surface area contributed by atoms with Gasteiger partial charge < -0.3 is 4.98 Å². The van der Waals surface area contributed by atoms with Crippen molar-refractivity contribution >= 4 is 32.8 Å². The summed E-state index contributed by atoms with van der Waals surface area (Å²) in [6, 6.07) is 12.0. The fourth-order valence-corrected chi connectivity index (χ4v) is 3.56. The lowest BCUT2D eigenvalue weighted by Crippen LogP contribution is -2.03. The number of aromatic amines is 1. The fourth-order valence-electron chi connectivity index (χ4n) is 2.17. The van der Waals surface area contributed by atoms with E-state index in [0.717, 1.165) is 32.5 Å². The molecule has 1 aromatic heterocycles. The van der Waals surface area contributed by atoms with Crippen LogP contribution in [0.4, 0.5) is 4.39 Å². The molecule has 0 saturated carbocycles. The average molecular weight is 351 g/mol. The van der Waals surface area contributed by atoms with Crippen molar-refractivity contribution in [2.24, 2.45) is 0 Å². The first-order chi connectivity index (χ1) is 10.9. The Balaban J connectivity index is 1.90. The van der Waals surface area contributed by atoms with Gasteiger partial charge in [-0.05, 0) is 29.8 Å². The van der Waals surface area contributed by atoms with E-state index in [-0.39, 0.29) is 12.4 Å². The molecule has 7 heteroatoms. The Morgan fingerprint density at radius 2 is 1.96 bits per heavy atom. The summed E-state index contributed by atoms with van der Waals surface area (Å²) in [4.78, 5) is 4.86. The van der Waals surface area contributed by atoms with Gasteiger partial charge in [0.1, 0.15) is 5.82 Å². The van der Waals surface area contributed by atoms with Crippen LogP contribution >= 0.6 is 11.8 Å². The summed E-state index contributed by atoms with van der Waals surface area (Å²) in [6.45, 7) is -0.0149. The van der Waals surface area contributed by atoms with Gasteiger partial charge in [-0.3, -0.25) is 4.18 Å². The van der Waals surface area contributed by atoms with Crippen molar-refractivity contribution in [1.82, 2.24) is 4.98 Å². The molecule has 0 unspecified atom stereocenters. The van der Waals surface area contributed by atoms with E-state index in [1.165, 1.54) is 23.9 Å². The first kappa shape index (κ1) is 16.0. The zero-order valence-corrected chi connectivity index (χ0v) is 13.9. The molecule has 1 heterocycles. The summed E-state index contributed by atoms with van der Waals surface area (Å²) in [5, 5.41) is 0.912. The molecule has 0 aliphatic heterocycles. The molecule has 0 amide bonds. The predicted octanol–water partition coefficient (Wildman–Crippen LogP) is 3.93. The standard InChI is InChI=1S/C16H14FNO3S2/c1-23(19,20)21-10-11-4-2-3-5-15(11)22-16-9-18-14-8-12(17)6-7-13(14)16/h2-9,18H,10H2,1H3. The Morgan fingerprint density at radius 1 is 1.17 bits per heavy atom. The average Bonchev–Trinajstić information content (AvgIpc) is 2.88. The van der Waals surface area contributed by atoms with Gasteiger partial charge in [-0.25, -0.2) is 4.39 Å². The molecule has 0 radical (unpaired) electrons. The van der Waals surface area contributed by atoms with Gasteiger partial charge in [0, 0.05) is 26.9 Å². The molecule has 0 atom stereocenters. The SMILES string of the molecule is CS(=O)(=O)OCc1ccccc1Sc1c[nH]c2cc(F)ccc12. The van der Waals surface area contributed by atoms with Crippen molar-refractivity contribution in [3.8, 4) is 0 Å². The Kier molecular flexibility index (Phi) is 4.43. The van der Waals surface area contributed by atoms with E-state index in [9.17, 15) is 12.8 Å². The molecular weight excluding hydrogens is 337 g/mol. The molecule has 0 bridgehead atoms. The van der Waals surface area contributed by atoms with Gasteiger partial charge in [-0.2, -0.15) is 8.42 Å². The van der Waals surface area contributed by atoms with Crippen LogP contribution in [-0.4, -0.2) is 19.7 Å². The molecular formula is C16H14FNO3S2. The molecule has 120 valence electrons. The third-order valence-corrected chi connectivity index (χ3v) is 4.95. The summed E-state index contributed by atoms with van der Waals surface area (Å²) < 4.78 is 40.5. The minimum atomic E-state index is -3.50. The summed E-state index contributed by atoms with van der Waals surface area (Å²) in [6.07, 6.45) is 2.83. The Labute approximate surface area is 137 Å². The van der Waals surface area contributed by atoms with Crippen LogP contribution < -0.4 is 0 Å². The number of halogens is 1. The normalized spacial score (nSPS) is 11.9. The highest BCUT2D eigenvalue weighted by Crippen LogP contribution is 2.35. The summed E-state index contributed by atoms with van der Waals surface area (Å²) >= 11 is 1.48. The number of hydrogen-bond acceptors (Lipinski definition) is 4. The molecule has 0 aliphatic rings. The van der Waals surface area contributed by atoms with Crippen molar-refractivity contribution in [1.29, 1.82) is 0 Å². The number of rotatable bonds is 5. The smallest absolute Gasteiger partial charge is 0.264 e. The van der Waals surface area contributed by atoms with E-state index < -0.39 is 10.1 Å². The van der Waals surface area contributed by atoms with Crippen molar-refractivity contribution in [2.75, 3.05) is 6.26 Å². The molecule has 3 aromatic rings. The fraction of sp³-hybridized carbons (Fsp3) is 0.125. The van der Waals surface area contributed by atoms with Crippen LogP contribution in [0.2, 0.25) is 0 Å². The maximum Gasteiger partial charge on any atom is 0.264 e. The highest BCUT2D eigenvalue weighted by Gasteiger charge is 2.11. The third kappa shape index (κ3) is 3.93. The van der Waals surface area contributed by atoms with Crippen molar-refractivity contribution < 1.29 is 17.0 Å². The van der Waals surface area contributed by atoms with Crippen LogP contribution in [-0.2, 0) is 20.9 Å². The van der Waals surface area contributed by atoms with Gasteiger partial charge >= 0.3 is 0 Å². The lowest BCUT2D eigenvalue weighted by atomic mass is 10.2. The molecule has 4 nitrogen and oxygen atoms in total. The van der Waals surface area contributed by atoms with Crippen LogP contribution in [0.3, 0.4) is 0 Å².